The van der Waals surface area contributed by atoms with Gasteiger partial charge in [-0.25, -0.2) is 0 Å². The predicted molar refractivity (Wildman–Crippen MR) is 58.8 cm³/mol. The van der Waals surface area contributed by atoms with Crippen molar-refractivity contribution in [1.29, 1.82) is 0 Å². The lowest BCUT2D eigenvalue weighted by atomic mass is 10.0. The van der Waals surface area contributed by atoms with Crippen molar-refractivity contribution in [3.63, 3.8) is 0 Å². The zero-order valence-electron chi connectivity index (χ0n) is 7.06. The Kier molecular flexibility index (Phi) is 3.90. The fraction of sp³-hybridized carbons (Fsp3) is 0.333. The summed E-state index contributed by atoms with van der Waals surface area (Å²) in [4.78, 5) is 0. The van der Waals surface area contributed by atoms with Gasteiger partial charge in [0.15, 0.2) is 0 Å². The number of hydrogen-bond donors (Lipinski definition) is 2. The second kappa shape index (κ2) is 4.74. The molecule has 72 valence electrons. The summed E-state index contributed by atoms with van der Waals surface area (Å²) < 4.78 is 8.43. The maximum Gasteiger partial charge on any atom is 0.122 e. The molecule has 2 rings (SSSR count). The Balaban J connectivity index is 0.000000845. The third-order valence-electron chi connectivity index (χ3n) is 2.06. The number of thiol groups is 1. The molecule has 0 radical (unpaired) electrons. The van der Waals surface area contributed by atoms with Crippen LogP contribution in [0.3, 0.4) is 0 Å². The molecule has 0 saturated heterocycles. The highest BCUT2D eigenvalue weighted by molar-refractivity contribution is 7.78. The highest BCUT2D eigenvalue weighted by Gasteiger charge is 2.17. The number of para-hydroxylation sites is 1. The van der Waals surface area contributed by atoms with Gasteiger partial charge in [-0.05, 0) is 18.1 Å². The van der Waals surface area contributed by atoms with Crippen molar-refractivity contribution >= 4 is 25.2 Å². The molecule has 0 aromatic heterocycles. The molecule has 1 aliphatic rings. The predicted octanol–water partition coefficient (Wildman–Crippen LogP) is 1.85. The molecule has 1 unspecified atom stereocenters. The van der Waals surface area contributed by atoms with Crippen molar-refractivity contribution in [2.45, 2.75) is 12.5 Å². The Morgan fingerprint density at radius 1 is 1.38 bits per heavy atom. The fourth-order valence-corrected chi connectivity index (χ4v) is 1.58. The molecular weight excluding hydrogens is 206 g/mol. The van der Waals surface area contributed by atoms with Gasteiger partial charge in [0.25, 0.3) is 0 Å². The number of fused-ring (bicyclic) bond motifs is 1. The minimum atomic E-state index is 0. The van der Waals surface area contributed by atoms with Crippen LogP contribution in [0, 0.1) is 0 Å². The van der Waals surface area contributed by atoms with Crippen LogP contribution >= 0.6 is 25.2 Å². The number of rotatable bonds is 1. The van der Waals surface area contributed by atoms with E-state index in [-0.39, 0.29) is 12.4 Å². The first-order chi connectivity index (χ1) is 5.90. The lowest BCUT2D eigenvalue weighted by Gasteiger charge is -2.24. The summed E-state index contributed by atoms with van der Waals surface area (Å²) in [7, 11) is 0. The quantitative estimate of drug-likeness (QED) is 0.701. The van der Waals surface area contributed by atoms with E-state index in [4.69, 9.17) is 4.74 Å². The van der Waals surface area contributed by atoms with E-state index in [1.165, 1.54) is 5.56 Å². The highest BCUT2D eigenvalue weighted by atomic mass is 35.5. The van der Waals surface area contributed by atoms with Crippen molar-refractivity contribution in [2.75, 3.05) is 6.61 Å². The SMILES string of the molecule is Cl.SNC1COc2ccccc2C1. The zero-order chi connectivity index (χ0) is 8.39. The van der Waals surface area contributed by atoms with E-state index >= 15 is 0 Å². The maximum absolute atomic E-state index is 5.52. The van der Waals surface area contributed by atoms with Gasteiger partial charge in [-0.15, -0.1) is 12.4 Å². The molecule has 1 aliphatic heterocycles. The van der Waals surface area contributed by atoms with Crippen molar-refractivity contribution < 1.29 is 4.74 Å². The number of hydrogen-bond acceptors (Lipinski definition) is 3. The molecule has 4 heteroatoms. The van der Waals surface area contributed by atoms with Crippen LogP contribution in [0.4, 0.5) is 0 Å². The van der Waals surface area contributed by atoms with E-state index in [1.807, 2.05) is 18.2 Å². The molecule has 1 aromatic carbocycles. The van der Waals surface area contributed by atoms with Gasteiger partial charge in [-0.2, -0.15) is 0 Å². The van der Waals surface area contributed by atoms with Crippen LogP contribution in [0.15, 0.2) is 24.3 Å². The summed E-state index contributed by atoms with van der Waals surface area (Å²) in [6, 6.07) is 8.45. The number of halogens is 1. The summed E-state index contributed by atoms with van der Waals surface area (Å²) in [6.07, 6.45) is 1.000. The second-order valence-electron chi connectivity index (χ2n) is 2.95. The first-order valence-corrected chi connectivity index (χ1v) is 4.45. The Morgan fingerprint density at radius 2 is 2.15 bits per heavy atom. The summed E-state index contributed by atoms with van der Waals surface area (Å²) in [5.74, 6) is 1.01. The van der Waals surface area contributed by atoms with Gasteiger partial charge < -0.3 is 4.74 Å². The molecule has 0 saturated carbocycles. The van der Waals surface area contributed by atoms with Crippen LogP contribution in [-0.2, 0) is 6.42 Å². The Bertz CT molecular complexity index is 282. The number of ether oxygens (including phenoxy) is 1. The number of benzene rings is 1. The number of nitrogens with one attached hydrogen (secondary N) is 1. The van der Waals surface area contributed by atoms with Gasteiger partial charge >= 0.3 is 0 Å². The zero-order valence-corrected chi connectivity index (χ0v) is 8.78. The second-order valence-corrected chi connectivity index (χ2v) is 3.21. The van der Waals surface area contributed by atoms with Crippen molar-refractivity contribution in [3.05, 3.63) is 29.8 Å². The van der Waals surface area contributed by atoms with Crippen molar-refractivity contribution in [2.24, 2.45) is 0 Å². The molecule has 13 heavy (non-hydrogen) atoms. The third-order valence-corrected chi connectivity index (χ3v) is 2.43. The van der Waals surface area contributed by atoms with Crippen LogP contribution < -0.4 is 9.46 Å². The molecule has 0 amide bonds. The molecule has 1 aromatic rings. The van der Waals surface area contributed by atoms with Crippen molar-refractivity contribution in [3.8, 4) is 5.75 Å². The summed E-state index contributed by atoms with van der Waals surface area (Å²) in [5, 5.41) is 0. The molecule has 0 aliphatic carbocycles. The summed E-state index contributed by atoms with van der Waals surface area (Å²) in [5.41, 5.74) is 1.26. The van der Waals surface area contributed by atoms with Crippen LogP contribution in [0.5, 0.6) is 5.75 Å². The maximum atomic E-state index is 5.52. The van der Waals surface area contributed by atoms with Gasteiger partial charge in [-0.3, -0.25) is 4.72 Å². The smallest absolute Gasteiger partial charge is 0.122 e. The minimum absolute atomic E-state index is 0. The Morgan fingerprint density at radius 3 is 2.92 bits per heavy atom. The standard InChI is InChI=1S/C9H11NOS.ClH/c12-10-8-5-7-3-1-2-4-9(7)11-6-8;/h1-4,8,10,12H,5-6H2;1H. The molecule has 0 fully saturated rings. The molecule has 2 nitrogen and oxygen atoms in total. The van der Waals surface area contributed by atoms with Gasteiger partial charge in [0.05, 0.1) is 6.04 Å². The van der Waals surface area contributed by atoms with E-state index in [1.54, 1.807) is 0 Å². The normalized spacial score (nSPS) is 19.6. The summed E-state index contributed by atoms with van der Waals surface area (Å²) in [6.45, 7) is 0.709. The van der Waals surface area contributed by atoms with Crippen LogP contribution in [0.1, 0.15) is 5.56 Å². The molecule has 0 bridgehead atoms. The van der Waals surface area contributed by atoms with Crippen LogP contribution in [0.2, 0.25) is 0 Å². The van der Waals surface area contributed by atoms with E-state index in [0.29, 0.717) is 12.6 Å². The lowest BCUT2D eigenvalue weighted by molar-refractivity contribution is 0.257. The largest absolute Gasteiger partial charge is 0.492 e. The van der Waals surface area contributed by atoms with E-state index in [9.17, 15) is 0 Å². The molecule has 1 N–H and O–H groups in total. The Hall–Kier alpha value is -0.380. The van der Waals surface area contributed by atoms with E-state index < -0.39 is 0 Å². The average Bonchev–Trinajstić information content (AvgIpc) is 2.17. The van der Waals surface area contributed by atoms with Crippen LogP contribution in [-0.4, -0.2) is 12.6 Å². The first kappa shape index (κ1) is 10.7. The Labute approximate surface area is 89.6 Å². The van der Waals surface area contributed by atoms with Crippen molar-refractivity contribution in [1.82, 2.24) is 4.72 Å². The van der Waals surface area contributed by atoms with Gasteiger partial charge in [0, 0.05) is 0 Å². The first-order valence-electron chi connectivity index (χ1n) is 4.00. The van der Waals surface area contributed by atoms with Gasteiger partial charge in [-0.1, -0.05) is 31.0 Å². The highest BCUT2D eigenvalue weighted by Crippen LogP contribution is 2.23. The third kappa shape index (κ3) is 2.30. The molecular formula is C9H12ClNOS. The average molecular weight is 218 g/mol. The monoisotopic (exact) mass is 217 g/mol. The molecule has 0 spiro atoms. The molecule has 1 atom stereocenters. The minimum Gasteiger partial charge on any atom is -0.492 e. The van der Waals surface area contributed by atoms with Gasteiger partial charge in [0.1, 0.15) is 12.4 Å². The lowest BCUT2D eigenvalue weighted by Crippen LogP contribution is -2.34. The fourth-order valence-electron chi connectivity index (χ4n) is 1.41. The molecule has 1 heterocycles. The summed E-state index contributed by atoms with van der Waals surface area (Å²) >= 11 is 4.03. The van der Waals surface area contributed by atoms with E-state index in [2.05, 4.69) is 23.6 Å². The van der Waals surface area contributed by atoms with Gasteiger partial charge in [0.2, 0.25) is 0 Å². The van der Waals surface area contributed by atoms with Crippen LogP contribution in [0.25, 0.3) is 0 Å². The topological polar surface area (TPSA) is 21.3 Å². The van der Waals surface area contributed by atoms with E-state index in [0.717, 1.165) is 12.2 Å².